The Labute approximate surface area is 167 Å². The average molecular weight is 413 g/mol. The van der Waals surface area contributed by atoms with Crippen LogP contribution in [0.15, 0.2) is 35.4 Å². The molecule has 0 unspecified atom stereocenters. The number of allylic oxidation sites excluding steroid dienone is 3. The lowest BCUT2D eigenvalue weighted by Crippen LogP contribution is -2.60. The van der Waals surface area contributed by atoms with E-state index in [1.165, 1.54) is 5.57 Å². The minimum atomic E-state index is -2.47. The van der Waals surface area contributed by atoms with Gasteiger partial charge in [-0.05, 0) is 39.7 Å². The molecule has 27 heavy (non-hydrogen) atoms. The summed E-state index contributed by atoms with van der Waals surface area (Å²) in [5.41, 5.74) is -1.05. The summed E-state index contributed by atoms with van der Waals surface area (Å²) in [6.45, 7) is 5.82. The Morgan fingerprint density at radius 1 is 1.07 bits per heavy atom. The summed E-state index contributed by atoms with van der Waals surface area (Å²) in [5.74, 6) is -2.96. The molecule has 0 saturated carbocycles. The number of Topliss-reactive ketones (excluding diaryl/α,β-unsaturated/α-hetero) is 2. The van der Waals surface area contributed by atoms with E-state index in [9.17, 15) is 24.9 Å². The summed E-state index contributed by atoms with van der Waals surface area (Å²) in [7, 11) is 0. The second kappa shape index (κ2) is 7.66. The molecule has 0 spiro atoms. The normalized spacial score (nSPS) is 21.8. The fourth-order valence-electron chi connectivity index (χ4n) is 2.97. The summed E-state index contributed by atoms with van der Waals surface area (Å²) in [5, 5.41) is 30.6. The first-order valence-electron chi connectivity index (χ1n) is 8.46. The number of carbonyl (C=O) groups is 2. The molecule has 7 heteroatoms. The Morgan fingerprint density at radius 2 is 1.70 bits per heavy atom. The summed E-state index contributed by atoms with van der Waals surface area (Å²) in [6.07, 6.45) is 4.92. The number of carbonyl (C=O) groups excluding carboxylic acids is 2. The van der Waals surface area contributed by atoms with Gasteiger partial charge < -0.3 is 15.3 Å². The number of fused-ring (bicyclic) bond motifs is 1. The van der Waals surface area contributed by atoms with Gasteiger partial charge in [-0.3, -0.25) is 9.59 Å². The van der Waals surface area contributed by atoms with E-state index in [1.54, 1.807) is 6.08 Å². The Morgan fingerprint density at radius 3 is 2.30 bits per heavy atom. The van der Waals surface area contributed by atoms with Crippen LogP contribution in [0.3, 0.4) is 0 Å². The number of phenols is 2. The molecule has 146 valence electrons. The zero-order valence-electron chi connectivity index (χ0n) is 15.3. The number of hydrogen-bond acceptors (Lipinski definition) is 5. The van der Waals surface area contributed by atoms with E-state index in [-0.39, 0.29) is 12.0 Å². The van der Waals surface area contributed by atoms with Gasteiger partial charge in [-0.2, -0.15) is 0 Å². The smallest absolute Gasteiger partial charge is 0.216 e. The molecule has 0 bridgehead atoms. The predicted molar refractivity (Wildman–Crippen MR) is 105 cm³/mol. The van der Waals surface area contributed by atoms with Gasteiger partial charge in [-0.15, -0.1) is 0 Å². The quantitative estimate of drug-likeness (QED) is 0.489. The van der Waals surface area contributed by atoms with Crippen LogP contribution in [-0.2, 0) is 0 Å². The van der Waals surface area contributed by atoms with E-state index < -0.39 is 38.6 Å². The van der Waals surface area contributed by atoms with Crippen molar-refractivity contribution in [3.05, 3.63) is 46.6 Å². The number of alkyl halides is 2. The lowest BCUT2D eigenvalue weighted by atomic mass is 9.75. The van der Waals surface area contributed by atoms with E-state index in [2.05, 4.69) is 6.08 Å². The minimum absolute atomic E-state index is 0.277. The third kappa shape index (κ3) is 3.91. The van der Waals surface area contributed by atoms with Gasteiger partial charge in [0.05, 0.1) is 5.56 Å². The molecule has 3 N–H and O–H groups in total. The largest absolute Gasteiger partial charge is 0.508 e. The minimum Gasteiger partial charge on any atom is -0.508 e. The molecule has 0 heterocycles. The second-order valence-corrected chi connectivity index (χ2v) is 8.38. The summed E-state index contributed by atoms with van der Waals surface area (Å²) in [6, 6.07) is 1.92. The number of phenolic OH excluding ortho intramolecular Hbond substituents is 2. The average Bonchev–Trinajstić information content (AvgIpc) is 2.56. The summed E-state index contributed by atoms with van der Waals surface area (Å²) < 4.78 is -2.47. The number of benzene rings is 1. The third-order valence-corrected chi connectivity index (χ3v) is 5.56. The topological polar surface area (TPSA) is 94.8 Å². The zero-order chi connectivity index (χ0) is 20.6. The third-order valence-electron chi connectivity index (χ3n) is 4.59. The van der Waals surface area contributed by atoms with Crippen molar-refractivity contribution >= 4 is 34.8 Å². The maximum absolute atomic E-state index is 12.9. The van der Waals surface area contributed by atoms with Crippen LogP contribution in [0.1, 0.15) is 60.7 Å². The standard InChI is InChI=1S/C20H22Cl2O5/c1-11(2)5-4-6-12(3)7-8-19(27)17(25)14-9-13(23)10-15(24)16(14)18(26)20(19,21)22/h5,7,9-10,23-24,27H,4,6,8H2,1-3H3/b12-7+/t19-/m0/s1. The Kier molecular flexibility index (Phi) is 6.10. The van der Waals surface area contributed by atoms with E-state index in [4.69, 9.17) is 23.2 Å². The molecule has 0 aromatic heterocycles. The Bertz CT molecular complexity index is 850. The van der Waals surface area contributed by atoms with Gasteiger partial charge in [0, 0.05) is 18.1 Å². The van der Waals surface area contributed by atoms with E-state index in [1.807, 2.05) is 20.8 Å². The van der Waals surface area contributed by atoms with Gasteiger partial charge in [-0.25, -0.2) is 0 Å². The number of ketones is 2. The molecule has 2 rings (SSSR count). The highest BCUT2D eigenvalue weighted by Crippen LogP contribution is 2.49. The Balaban J connectivity index is 2.41. The number of rotatable bonds is 5. The van der Waals surface area contributed by atoms with Crippen LogP contribution in [0.2, 0.25) is 0 Å². The molecule has 1 aromatic carbocycles. The first kappa shape index (κ1) is 21.5. The summed E-state index contributed by atoms with van der Waals surface area (Å²) >= 11 is 12.3. The van der Waals surface area contributed by atoms with Crippen LogP contribution in [-0.4, -0.2) is 36.8 Å². The van der Waals surface area contributed by atoms with Crippen LogP contribution in [0.5, 0.6) is 11.5 Å². The number of halogens is 2. The molecule has 5 nitrogen and oxygen atoms in total. The SMILES string of the molecule is CC(C)=CCC/C(C)=C/C[C@]1(O)C(=O)c2cc(O)cc(O)c2C(=O)C1(Cl)Cl. The van der Waals surface area contributed by atoms with Crippen molar-refractivity contribution in [2.45, 2.75) is 50.0 Å². The van der Waals surface area contributed by atoms with Gasteiger partial charge >= 0.3 is 0 Å². The molecule has 1 aromatic rings. The molecule has 1 atom stereocenters. The zero-order valence-corrected chi connectivity index (χ0v) is 16.9. The van der Waals surface area contributed by atoms with Crippen molar-refractivity contribution in [3.63, 3.8) is 0 Å². The monoisotopic (exact) mass is 412 g/mol. The predicted octanol–water partition coefficient (Wildman–Crippen LogP) is 4.46. The molecule has 0 radical (unpaired) electrons. The van der Waals surface area contributed by atoms with Crippen LogP contribution in [0, 0.1) is 0 Å². The fraction of sp³-hybridized carbons (Fsp3) is 0.400. The highest BCUT2D eigenvalue weighted by Gasteiger charge is 2.62. The van der Waals surface area contributed by atoms with Crippen LogP contribution >= 0.6 is 23.2 Å². The Hall–Kier alpha value is -1.82. The van der Waals surface area contributed by atoms with Gasteiger partial charge in [0.2, 0.25) is 10.1 Å². The molecule has 0 aliphatic heterocycles. The maximum atomic E-state index is 12.9. The maximum Gasteiger partial charge on any atom is 0.216 e. The summed E-state index contributed by atoms with van der Waals surface area (Å²) in [4.78, 5) is 25.6. The molecular formula is C20H22Cl2O5. The van der Waals surface area contributed by atoms with E-state index in [0.717, 1.165) is 24.1 Å². The van der Waals surface area contributed by atoms with Gasteiger partial charge in [-0.1, -0.05) is 46.5 Å². The molecule has 1 aliphatic rings. The lowest BCUT2D eigenvalue weighted by molar-refractivity contribution is 0.0210. The van der Waals surface area contributed by atoms with Crippen molar-refractivity contribution < 1.29 is 24.9 Å². The van der Waals surface area contributed by atoms with E-state index in [0.29, 0.717) is 6.42 Å². The van der Waals surface area contributed by atoms with Crippen molar-refractivity contribution in [1.29, 1.82) is 0 Å². The van der Waals surface area contributed by atoms with Crippen molar-refractivity contribution in [2.75, 3.05) is 0 Å². The van der Waals surface area contributed by atoms with Crippen molar-refractivity contribution in [2.24, 2.45) is 0 Å². The van der Waals surface area contributed by atoms with Gasteiger partial charge in [0.25, 0.3) is 0 Å². The van der Waals surface area contributed by atoms with Crippen molar-refractivity contribution in [3.8, 4) is 11.5 Å². The van der Waals surface area contributed by atoms with Crippen LogP contribution < -0.4 is 0 Å². The van der Waals surface area contributed by atoms with Crippen molar-refractivity contribution in [1.82, 2.24) is 0 Å². The van der Waals surface area contributed by atoms with Crippen LogP contribution in [0.4, 0.5) is 0 Å². The highest BCUT2D eigenvalue weighted by molar-refractivity contribution is 6.63. The molecular weight excluding hydrogens is 391 g/mol. The second-order valence-electron chi connectivity index (χ2n) is 7.06. The highest BCUT2D eigenvalue weighted by atomic mass is 35.5. The first-order chi connectivity index (χ1) is 12.4. The molecule has 0 amide bonds. The fourth-order valence-corrected chi connectivity index (χ4v) is 3.49. The van der Waals surface area contributed by atoms with Gasteiger partial charge in [0.15, 0.2) is 11.4 Å². The number of aromatic hydroxyl groups is 2. The lowest BCUT2D eigenvalue weighted by Gasteiger charge is -2.40. The number of aliphatic hydroxyl groups is 1. The molecule has 0 saturated heterocycles. The molecule has 0 fully saturated rings. The molecule has 1 aliphatic carbocycles. The van der Waals surface area contributed by atoms with E-state index >= 15 is 0 Å². The number of hydrogen-bond donors (Lipinski definition) is 3. The first-order valence-corrected chi connectivity index (χ1v) is 9.22. The van der Waals surface area contributed by atoms with Gasteiger partial charge in [0.1, 0.15) is 11.5 Å². The van der Waals surface area contributed by atoms with Crippen LogP contribution in [0.25, 0.3) is 0 Å².